The zero-order valence-corrected chi connectivity index (χ0v) is 25.9. The summed E-state index contributed by atoms with van der Waals surface area (Å²) < 4.78 is 13.6. The van der Waals surface area contributed by atoms with Gasteiger partial charge in [-0.25, -0.2) is 14.2 Å². The van der Waals surface area contributed by atoms with Crippen LogP contribution in [-0.2, 0) is 35.4 Å². The summed E-state index contributed by atoms with van der Waals surface area (Å²) in [6, 6.07) is 15.5. The summed E-state index contributed by atoms with van der Waals surface area (Å²) >= 11 is 0. The third-order valence-electron chi connectivity index (χ3n) is 8.05. The first-order valence-corrected chi connectivity index (χ1v) is 14.8. The molecule has 10 nitrogen and oxygen atoms in total. The van der Waals surface area contributed by atoms with Crippen LogP contribution in [-0.4, -0.2) is 59.4 Å². The first kappa shape index (κ1) is 32.9. The Kier molecular flexibility index (Phi) is 11.1. The molecule has 1 saturated heterocycles. The number of esters is 1. The van der Waals surface area contributed by atoms with Crippen LogP contribution in [0, 0.1) is 17.8 Å². The molecule has 2 aromatic carbocycles. The smallest absolute Gasteiger partial charge is 0.355 e. The molecule has 2 aliphatic heterocycles. The summed E-state index contributed by atoms with van der Waals surface area (Å²) in [7, 11) is 0. The molecule has 1 amide bonds. The molecule has 4 rings (SSSR count). The monoisotopic (exact) mass is 614 g/mol. The second-order valence-corrected chi connectivity index (χ2v) is 10.8. The number of β-lactam (4-membered cyclic amide) rings is 1. The lowest BCUT2D eigenvalue weighted by molar-refractivity contribution is -0.469. The number of nitrogens with two attached hydrogens (primary N) is 1. The maximum atomic E-state index is 13.4. The predicted octanol–water partition coefficient (Wildman–Crippen LogP) is 4.52. The minimum atomic E-state index is -0.792. The van der Waals surface area contributed by atoms with Crippen molar-refractivity contribution in [2.45, 2.75) is 33.4 Å². The van der Waals surface area contributed by atoms with Gasteiger partial charge in [-0.05, 0) is 23.3 Å². The van der Waals surface area contributed by atoms with Crippen LogP contribution in [0.4, 0.5) is 0 Å². The number of benzene rings is 2. The van der Waals surface area contributed by atoms with E-state index in [-0.39, 0.29) is 37.3 Å². The highest BCUT2D eigenvalue weighted by Gasteiger charge is 2.61. The van der Waals surface area contributed by atoms with Crippen molar-refractivity contribution in [3.63, 3.8) is 0 Å². The molecule has 1 fully saturated rings. The molecule has 2 N–H and O–H groups in total. The van der Waals surface area contributed by atoms with Crippen LogP contribution in [0.1, 0.15) is 26.3 Å². The number of carbonyl (C=O) groups is 3. The van der Waals surface area contributed by atoms with Gasteiger partial charge in [0.25, 0.3) is 0 Å². The van der Waals surface area contributed by atoms with E-state index in [1.54, 1.807) is 6.92 Å². The Bertz CT molecular complexity index is 1530. The lowest BCUT2D eigenvalue weighted by Gasteiger charge is -2.47. The van der Waals surface area contributed by atoms with Crippen LogP contribution < -0.4 is 10.5 Å². The zero-order valence-electron chi connectivity index (χ0n) is 25.9. The molecular formula is C35H40N3O7+. The first-order valence-electron chi connectivity index (χ1n) is 14.8. The fourth-order valence-corrected chi connectivity index (χ4v) is 5.69. The molecule has 45 heavy (non-hydrogen) atoms. The van der Waals surface area contributed by atoms with Crippen molar-refractivity contribution >= 4 is 24.1 Å². The van der Waals surface area contributed by atoms with Gasteiger partial charge in [-0.2, -0.15) is 4.89 Å². The minimum absolute atomic E-state index is 0.0103. The van der Waals surface area contributed by atoms with Gasteiger partial charge in [-0.1, -0.05) is 69.0 Å². The number of hydrogen-bond donors (Lipinski definition) is 1. The van der Waals surface area contributed by atoms with E-state index in [4.69, 9.17) is 25.0 Å². The van der Waals surface area contributed by atoms with Crippen molar-refractivity contribution in [2.75, 3.05) is 19.8 Å². The van der Waals surface area contributed by atoms with Crippen molar-refractivity contribution in [1.29, 1.82) is 0 Å². The Balaban J connectivity index is 1.52. The van der Waals surface area contributed by atoms with Gasteiger partial charge < -0.3 is 20.1 Å². The molecule has 0 aromatic heterocycles. The number of hydrogen-bond acceptors (Lipinski definition) is 8. The van der Waals surface area contributed by atoms with Crippen molar-refractivity contribution in [3.05, 3.63) is 103 Å². The van der Waals surface area contributed by atoms with Crippen molar-refractivity contribution in [2.24, 2.45) is 23.5 Å². The second kappa shape index (κ2) is 15.2. The average Bonchev–Trinajstić information content (AvgIpc) is 3.30. The van der Waals surface area contributed by atoms with Gasteiger partial charge in [0.05, 0.1) is 24.1 Å². The number of ether oxygens (including phenoxy) is 2. The third kappa shape index (κ3) is 7.24. The van der Waals surface area contributed by atoms with Crippen LogP contribution in [0.25, 0.3) is 11.1 Å². The van der Waals surface area contributed by atoms with Crippen molar-refractivity contribution in [3.8, 4) is 16.9 Å². The van der Waals surface area contributed by atoms with E-state index in [1.165, 1.54) is 23.3 Å². The van der Waals surface area contributed by atoms with E-state index in [2.05, 4.69) is 37.4 Å². The Morgan fingerprint density at radius 3 is 2.49 bits per heavy atom. The van der Waals surface area contributed by atoms with Gasteiger partial charge in [-0.3, -0.25) is 9.68 Å². The van der Waals surface area contributed by atoms with Gasteiger partial charge in [0, 0.05) is 24.0 Å². The summed E-state index contributed by atoms with van der Waals surface area (Å²) in [5.74, 6) is -2.84. The number of nitrogens with zero attached hydrogens (tertiary/aromatic N) is 2. The largest absolute Gasteiger partial charge is 0.489 e. The molecule has 0 spiro atoms. The average molecular weight is 615 g/mol. The zero-order chi connectivity index (χ0) is 32.5. The highest BCUT2D eigenvalue weighted by atomic mass is 17.2. The van der Waals surface area contributed by atoms with Crippen LogP contribution in [0.3, 0.4) is 0 Å². The summed E-state index contributed by atoms with van der Waals surface area (Å²) in [5.41, 5.74) is 9.41. The second-order valence-electron chi connectivity index (χ2n) is 10.8. The molecule has 0 radical (unpaired) electrons. The van der Waals surface area contributed by atoms with Gasteiger partial charge in [0.1, 0.15) is 37.5 Å². The van der Waals surface area contributed by atoms with E-state index >= 15 is 0 Å². The summed E-state index contributed by atoms with van der Waals surface area (Å²) in [6.07, 6.45) is 8.18. The van der Waals surface area contributed by atoms with Gasteiger partial charge >= 0.3 is 11.9 Å². The molecule has 236 valence electrons. The van der Waals surface area contributed by atoms with Crippen LogP contribution in [0.15, 0.2) is 97.5 Å². The molecule has 0 aliphatic carbocycles. The number of carbonyl (C=O) groups excluding carboxylic acids is 3. The third-order valence-corrected chi connectivity index (χ3v) is 8.05. The Morgan fingerprint density at radius 1 is 1.09 bits per heavy atom. The number of fused-ring (bicyclic) bond motifs is 1. The van der Waals surface area contributed by atoms with Crippen molar-refractivity contribution in [1.82, 2.24) is 4.90 Å². The van der Waals surface area contributed by atoms with Crippen molar-refractivity contribution < 1.29 is 38.2 Å². The fourth-order valence-electron chi connectivity index (χ4n) is 5.69. The van der Waals surface area contributed by atoms with Gasteiger partial charge in [0.15, 0.2) is 12.7 Å². The molecule has 0 bridgehead atoms. The molecule has 3 unspecified atom stereocenters. The topological polar surface area (TPSA) is 120 Å². The normalized spacial score (nSPS) is 20.0. The Hall–Kier alpha value is -4.96. The Morgan fingerprint density at radius 2 is 1.82 bits per heavy atom. The molecule has 2 heterocycles. The van der Waals surface area contributed by atoms with E-state index in [0.717, 1.165) is 16.7 Å². The molecule has 4 atom stereocenters. The number of rotatable bonds is 15. The van der Waals surface area contributed by atoms with Gasteiger partial charge in [-0.15, -0.1) is 6.58 Å². The molecular weight excluding hydrogens is 574 g/mol. The summed E-state index contributed by atoms with van der Waals surface area (Å²) in [6.45, 7) is 13.4. The maximum absolute atomic E-state index is 13.4. The summed E-state index contributed by atoms with van der Waals surface area (Å²) in [5, 5.41) is 0. The molecule has 10 heteroatoms. The van der Waals surface area contributed by atoms with Crippen LogP contribution in [0.5, 0.6) is 5.75 Å². The SMILES string of the molecule is C=CCOOC(=O)C(C)C1C(=O)N2C(C(=O)OCC=C)=C(COc3cccc(-c4ccc(C[N+](C=CN)=CC)cc4)c3)[C@H](C)C12. The minimum Gasteiger partial charge on any atom is -0.489 e. The van der Waals surface area contributed by atoms with E-state index < -0.39 is 29.8 Å². The van der Waals surface area contributed by atoms with E-state index in [0.29, 0.717) is 17.9 Å². The molecule has 0 saturated carbocycles. The first-order chi connectivity index (χ1) is 21.7. The lowest BCUT2D eigenvalue weighted by Crippen LogP contribution is -2.63. The van der Waals surface area contributed by atoms with E-state index in [1.807, 2.05) is 55.1 Å². The summed E-state index contributed by atoms with van der Waals surface area (Å²) in [4.78, 5) is 50.2. The van der Waals surface area contributed by atoms with E-state index in [9.17, 15) is 14.4 Å². The van der Waals surface area contributed by atoms with Crippen LogP contribution in [0.2, 0.25) is 0 Å². The van der Waals surface area contributed by atoms with Crippen LogP contribution >= 0.6 is 0 Å². The lowest BCUT2D eigenvalue weighted by atomic mass is 9.74. The van der Waals surface area contributed by atoms with Gasteiger partial charge in [0.2, 0.25) is 5.91 Å². The highest BCUT2D eigenvalue weighted by Crippen LogP contribution is 2.49. The fraction of sp³-hybridized carbons (Fsp3) is 0.314. The standard InChI is InChI=1S/C35H40N3O7/c1-6-18-42-35(41)32-29(23(4)31-30(33(39)38(31)32)24(5)34(40)45-44-19-7-2)22-43-28-11-9-10-27(20-28)26-14-12-25(13-15-26)21-37(8-3)17-16-36/h6-17,20,23-24,30-31H,1-2,18-19,21-22,36H2,3-5H3/q+1/t23-,24?,30?,31?/m0/s1. The maximum Gasteiger partial charge on any atom is 0.355 e. The quantitative estimate of drug-likeness (QED) is 0.0455. The predicted molar refractivity (Wildman–Crippen MR) is 169 cm³/mol. The Labute approximate surface area is 263 Å². The molecule has 2 aromatic rings. The molecule has 2 aliphatic rings. The number of amides is 1. The highest BCUT2D eigenvalue weighted by molar-refractivity contribution is 6.02.